The van der Waals surface area contributed by atoms with Gasteiger partial charge < -0.3 is 10.4 Å². The lowest BCUT2D eigenvalue weighted by Crippen LogP contribution is -2.42. The molecule has 1 atom stereocenters. The van der Waals surface area contributed by atoms with Crippen molar-refractivity contribution in [2.24, 2.45) is 0 Å². The number of rotatable bonds is 8. The second-order valence-corrected chi connectivity index (χ2v) is 6.37. The molecule has 0 bridgehead atoms. The molecule has 0 unspecified atom stereocenters. The summed E-state index contributed by atoms with van der Waals surface area (Å²) in [5.41, 5.74) is 0. The molecule has 20 heavy (non-hydrogen) atoms. The molecule has 0 saturated heterocycles. The Morgan fingerprint density at radius 3 is 2.70 bits per heavy atom. The second kappa shape index (κ2) is 9.15. The molecule has 0 aliphatic rings. The Labute approximate surface area is 131 Å². The highest BCUT2D eigenvalue weighted by molar-refractivity contribution is 8.00. The molecule has 0 fully saturated rings. The predicted octanol–water partition coefficient (Wildman–Crippen LogP) is 2.75. The molecule has 1 aromatic carbocycles. The molecule has 1 rings (SSSR count). The zero-order chi connectivity index (χ0) is 15.0. The fraction of sp³-hybridized carbons (Fsp3) is 0.385. The van der Waals surface area contributed by atoms with E-state index in [0.29, 0.717) is 17.2 Å². The van der Waals surface area contributed by atoms with Gasteiger partial charge in [0.25, 0.3) is 0 Å². The van der Waals surface area contributed by atoms with Crippen LogP contribution in [0.25, 0.3) is 0 Å². The normalized spacial score (nSPS) is 11.9. The number of nitrogens with one attached hydrogen (secondary N) is 1. The number of halogens is 1. The lowest BCUT2D eigenvalue weighted by Gasteiger charge is -2.13. The average molecular weight is 334 g/mol. The van der Waals surface area contributed by atoms with Crippen LogP contribution in [0.15, 0.2) is 29.2 Å². The average Bonchev–Trinajstić information content (AvgIpc) is 2.42. The standard InChI is InChI=1S/C13H16ClNO3S2/c1-19-7-6-10(13(17)18)15-12(16)8-20-11-5-3-2-4-9(11)14/h2-5,10H,6-8H2,1H3,(H,15,16)(H,17,18)/t10-/m0/s1. The van der Waals surface area contributed by atoms with E-state index >= 15 is 0 Å². The molecule has 0 aliphatic heterocycles. The van der Waals surface area contributed by atoms with Crippen LogP contribution in [0, 0.1) is 0 Å². The quantitative estimate of drug-likeness (QED) is 0.716. The summed E-state index contributed by atoms with van der Waals surface area (Å²) in [6, 6.07) is 6.39. The lowest BCUT2D eigenvalue weighted by atomic mass is 10.2. The molecule has 110 valence electrons. The van der Waals surface area contributed by atoms with Crippen LogP contribution in [0.3, 0.4) is 0 Å². The molecule has 7 heteroatoms. The number of thioether (sulfide) groups is 2. The van der Waals surface area contributed by atoms with Crippen molar-refractivity contribution in [2.45, 2.75) is 17.4 Å². The van der Waals surface area contributed by atoms with Crippen LogP contribution < -0.4 is 5.32 Å². The molecule has 0 saturated carbocycles. The van der Waals surface area contributed by atoms with E-state index in [-0.39, 0.29) is 11.7 Å². The van der Waals surface area contributed by atoms with Crippen molar-refractivity contribution in [2.75, 3.05) is 17.8 Å². The number of carboxylic acid groups (broad SMARTS) is 1. The van der Waals surface area contributed by atoms with Gasteiger partial charge in [0.1, 0.15) is 6.04 Å². The van der Waals surface area contributed by atoms with E-state index in [2.05, 4.69) is 5.32 Å². The van der Waals surface area contributed by atoms with Gasteiger partial charge in [0.05, 0.1) is 10.8 Å². The number of benzene rings is 1. The number of hydrogen-bond donors (Lipinski definition) is 2. The number of aliphatic carboxylic acids is 1. The van der Waals surface area contributed by atoms with Gasteiger partial charge in [-0.3, -0.25) is 4.79 Å². The summed E-state index contributed by atoms with van der Waals surface area (Å²) < 4.78 is 0. The Balaban J connectivity index is 2.46. The van der Waals surface area contributed by atoms with Gasteiger partial charge in [0.15, 0.2) is 0 Å². The van der Waals surface area contributed by atoms with E-state index in [1.54, 1.807) is 17.8 Å². The summed E-state index contributed by atoms with van der Waals surface area (Å²) in [6.07, 6.45) is 2.31. The van der Waals surface area contributed by atoms with Gasteiger partial charge in [-0.15, -0.1) is 11.8 Å². The molecule has 2 N–H and O–H groups in total. The van der Waals surface area contributed by atoms with Crippen molar-refractivity contribution in [1.29, 1.82) is 0 Å². The van der Waals surface area contributed by atoms with E-state index in [9.17, 15) is 9.59 Å². The Morgan fingerprint density at radius 2 is 2.10 bits per heavy atom. The van der Waals surface area contributed by atoms with Gasteiger partial charge in [-0.2, -0.15) is 11.8 Å². The molecule has 1 aromatic rings. The molecule has 0 aromatic heterocycles. The van der Waals surface area contributed by atoms with Crippen molar-refractivity contribution < 1.29 is 14.7 Å². The molecule has 1 amide bonds. The molecule has 0 spiro atoms. The summed E-state index contributed by atoms with van der Waals surface area (Å²) in [7, 11) is 0. The van der Waals surface area contributed by atoms with Crippen molar-refractivity contribution in [3.8, 4) is 0 Å². The number of carbonyl (C=O) groups excluding carboxylic acids is 1. The number of amides is 1. The number of carbonyl (C=O) groups is 2. The lowest BCUT2D eigenvalue weighted by molar-refractivity contribution is -0.141. The highest BCUT2D eigenvalue weighted by atomic mass is 35.5. The maximum Gasteiger partial charge on any atom is 0.326 e. The fourth-order valence-corrected chi connectivity index (χ4v) is 2.96. The first kappa shape index (κ1) is 17.2. The smallest absolute Gasteiger partial charge is 0.326 e. The Kier molecular flexibility index (Phi) is 7.87. The maximum atomic E-state index is 11.8. The number of hydrogen-bond acceptors (Lipinski definition) is 4. The first-order valence-electron chi connectivity index (χ1n) is 5.93. The van der Waals surface area contributed by atoms with Crippen molar-refractivity contribution in [3.63, 3.8) is 0 Å². The minimum atomic E-state index is -1.00. The zero-order valence-electron chi connectivity index (χ0n) is 11.0. The highest BCUT2D eigenvalue weighted by Gasteiger charge is 2.19. The van der Waals surface area contributed by atoms with Crippen molar-refractivity contribution in [3.05, 3.63) is 29.3 Å². The molecular formula is C13H16ClNO3S2. The summed E-state index contributed by atoms with van der Waals surface area (Å²) in [5, 5.41) is 12.1. The van der Waals surface area contributed by atoms with Gasteiger partial charge in [-0.05, 0) is 30.6 Å². The van der Waals surface area contributed by atoms with Gasteiger partial charge in [0.2, 0.25) is 5.91 Å². The summed E-state index contributed by atoms with van der Waals surface area (Å²) in [4.78, 5) is 23.6. The number of carboxylic acids is 1. The summed E-state index contributed by atoms with van der Waals surface area (Å²) >= 11 is 8.82. The maximum absolute atomic E-state index is 11.8. The van der Waals surface area contributed by atoms with E-state index < -0.39 is 12.0 Å². The third-order valence-electron chi connectivity index (χ3n) is 2.44. The second-order valence-electron chi connectivity index (χ2n) is 3.96. The van der Waals surface area contributed by atoms with Gasteiger partial charge >= 0.3 is 5.97 Å². The third kappa shape index (κ3) is 6.07. The topological polar surface area (TPSA) is 66.4 Å². The van der Waals surface area contributed by atoms with Crippen LogP contribution in [0.5, 0.6) is 0 Å². The van der Waals surface area contributed by atoms with Crippen LogP contribution >= 0.6 is 35.1 Å². The first-order chi connectivity index (χ1) is 9.54. The van der Waals surface area contributed by atoms with E-state index in [4.69, 9.17) is 16.7 Å². The third-order valence-corrected chi connectivity index (χ3v) is 4.60. The highest BCUT2D eigenvalue weighted by Crippen LogP contribution is 2.26. The largest absolute Gasteiger partial charge is 0.480 e. The fourth-order valence-electron chi connectivity index (χ4n) is 1.43. The van der Waals surface area contributed by atoms with E-state index in [1.807, 2.05) is 24.5 Å². The van der Waals surface area contributed by atoms with Crippen LogP contribution in [0.1, 0.15) is 6.42 Å². The van der Waals surface area contributed by atoms with Crippen LogP contribution in [0.4, 0.5) is 0 Å². The van der Waals surface area contributed by atoms with Crippen LogP contribution in [0.2, 0.25) is 5.02 Å². The molecule has 0 aliphatic carbocycles. The van der Waals surface area contributed by atoms with Gasteiger partial charge in [-0.25, -0.2) is 4.79 Å². The van der Waals surface area contributed by atoms with Crippen LogP contribution in [-0.4, -0.2) is 40.8 Å². The Morgan fingerprint density at radius 1 is 1.40 bits per heavy atom. The van der Waals surface area contributed by atoms with Crippen molar-refractivity contribution in [1.82, 2.24) is 5.32 Å². The SMILES string of the molecule is CSCC[C@H](NC(=O)CSc1ccccc1Cl)C(=O)O. The minimum absolute atomic E-state index is 0.146. The van der Waals surface area contributed by atoms with E-state index in [1.165, 1.54) is 11.8 Å². The van der Waals surface area contributed by atoms with Crippen molar-refractivity contribution >= 4 is 47.0 Å². The van der Waals surface area contributed by atoms with Gasteiger partial charge in [-0.1, -0.05) is 23.7 Å². The summed E-state index contributed by atoms with van der Waals surface area (Å²) in [6.45, 7) is 0. The molecule has 4 nitrogen and oxygen atoms in total. The molecule has 0 radical (unpaired) electrons. The monoisotopic (exact) mass is 333 g/mol. The minimum Gasteiger partial charge on any atom is -0.480 e. The Bertz CT molecular complexity index is 471. The predicted molar refractivity (Wildman–Crippen MR) is 84.7 cm³/mol. The zero-order valence-corrected chi connectivity index (χ0v) is 13.4. The summed E-state index contributed by atoms with van der Waals surface area (Å²) in [5.74, 6) is -0.472. The van der Waals surface area contributed by atoms with Crippen LogP contribution in [-0.2, 0) is 9.59 Å². The first-order valence-corrected chi connectivity index (χ1v) is 8.68. The molecular weight excluding hydrogens is 318 g/mol. The van der Waals surface area contributed by atoms with E-state index in [0.717, 1.165) is 4.90 Å². The molecule has 0 heterocycles. The van der Waals surface area contributed by atoms with Gasteiger partial charge in [0, 0.05) is 4.90 Å². The Hall–Kier alpha value is -0.850.